The molecule has 4 heteroatoms. The van der Waals surface area contributed by atoms with Crippen LogP contribution in [0.3, 0.4) is 0 Å². The topological polar surface area (TPSA) is 41.9 Å². The Labute approximate surface area is 137 Å². The highest BCUT2D eigenvalue weighted by atomic mass is 16.5. The van der Waals surface area contributed by atoms with Gasteiger partial charge in [0.05, 0.1) is 12.5 Å². The Morgan fingerprint density at radius 1 is 1.26 bits per heavy atom. The molecular weight excluding hydrogens is 290 g/mol. The standard InChI is InChI=1S/C19H23NO3/c1-20(2)11-10-19-13-6-4-12-5-9-15(22-3)17(16(12)19)23-18(19)14(21)8-7-13/h4-9,13-14,18,21H,10-11H2,1-3H3/t13-,14-,18+,19+/m1/s1. The molecule has 0 aromatic heterocycles. The maximum Gasteiger partial charge on any atom is 0.166 e. The lowest BCUT2D eigenvalue weighted by atomic mass is 9.59. The van der Waals surface area contributed by atoms with Crippen LogP contribution in [0.15, 0.2) is 30.4 Å². The van der Waals surface area contributed by atoms with Crippen molar-refractivity contribution in [2.24, 2.45) is 5.92 Å². The van der Waals surface area contributed by atoms with Gasteiger partial charge < -0.3 is 19.5 Å². The van der Waals surface area contributed by atoms with Gasteiger partial charge in [-0.3, -0.25) is 0 Å². The van der Waals surface area contributed by atoms with Crippen LogP contribution in [0.25, 0.3) is 6.08 Å². The van der Waals surface area contributed by atoms with E-state index in [-0.39, 0.29) is 17.4 Å². The number of hydrogen-bond donors (Lipinski definition) is 1. The molecule has 1 heterocycles. The van der Waals surface area contributed by atoms with Crippen LogP contribution in [-0.4, -0.2) is 50.0 Å². The van der Waals surface area contributed by atoms with E-state index in [1.807, 2.05) is 12.1 Å². The van der Waals surface area contributed by atoms with E-state index in [2.05, 4.69) is 43.3 Å². The third-order valence-corrected chi connectivity index (χ3v) is 5.47. The molecule has 4 atom stereocenters. The normalized spacial score (nSPS) is 32.8. The van der Waals surface area contributed by atoms with E-state index in [4.69, 9.17) is 9.47 Å². The summed E-state index contributed by atoms with van der Waals surface area (Å²) >= 11 is 0. The molecule has 1 aliphatic heterocycles. The van der Waals surface area contributed by atoms with Crippen molar-refractivity contribution in [3.63, 3.8) is 0 Å². The number of rotatable bonds is 4. The van der Waals surface area contributed by atoms with Gasteiger partial charge in [0.2, 0.25) is 0 Å². The average Bonchev–Trinajstić information content (AvgIpc) is 2.90. The molecule has 2 aliphatic carbocycles. The van der Waals surface area contributed by atoms with Gasteiger partial charge in [-0.2, -0.15) is 0 Å². The van der Waals surface area contributed by atoms with Crippen LogP contribution in [0.4, 0.5) is 0 Å². The number of nitrogens with zero attached hydrogens (tertiary/aromatic N) is 1. The second-order valence-corrected chi connectivity index (χ2v) is 6.95. The summed E-state index contributed by atoms with van der Waals surface area (Å²) in [5.41, 5.74) is 2.17. The number of aliphatic hydroxyl groups excluding tert-OH is 1. The van der Waals surface area contributed by atoms with E-state index in [0.717, 1.165) is 24.5 Å². The van der Waals surface area contributed by atoms with Gasteiger partial charge in [-0.25, -0.2) is 0 Å². The Bertz CT molecular complexity index is 694. The van der Waals surface area contributed by atoms with Gasteiger partial charge in [-0.05, 0) is 38.7 Å². The summed E-state index contributed by atoms with van der Waals surface area (Å²) in [6.07, 6.45) is 8.51. The van der Waals surface area contributed by atoms with Gasteiger partial charge in [-0.15, -0.1) is 0 Å². The fraction of sp³-hybridized carbons (Fsp3) is 0.474. The molecule has 0 spiro atoms. The molecule has 0 saturated heterocycles. The fourth-order valence-corrected chi connectivity index (χ4v) is 4.37. The number of hydrogen-bond acceptors (Lipinski definition) is 4. The number of ether oxygens (including phenoxy) is 2. The predicted octanol–water partition coefficient (Wildman–Crippen LogP) is 2.22. The minimum atomic E-state index is -0.593. The van der Waals surface area contributed by atoms with Crippen molar-refractivity contribution in [1.29, 1.82) is 0 Å². The van der Waals surface area contributed by atoms with Crippen molar-refractivity contribution in [3.05, 3.63) is 41.5 Å². The van der Waals surface area contributed by atoms with Crippen LogP contribution in [0.2, 0.25) is 0 Å². The summed E-state index contributed by atoms with van der Waals surface area (Å²) in [5.74, 6) is 1.81. The largest absolute Gasteiger partial charge is 0.493 e. The lowest BCUT2D eigenvalue weighted by molar-refractivity contribution is 0.00751. The molecule has 0 bridgehead atoms. The van der Waals surface area contributed by atoms with E-state index in [0.29, 0.717) is 0 Å². The Hall–Kier alpha value is -1.78. The van der Waals surface area contributed by atoms with E-state index in [9.17, 15) is 5.11 Å². The molecular formula is C19H23NO3. The Balaban J connectivity index is 1.93. The third-order valence-electron chi connectivity index (χ3n) is 5.47. The molecule has 1 aromatic carbocycles. The second kappa shape index (κ2) is 5.11. The predicted molar refractivity (Wildman–Crippen MR) is 89.9 cm³/mol. The number of aliphatic hydroxyl groups is 1. The minimum Gasteiger partial charge on any atom is -0.493 e. The van der Waals surface area contributed by atoms with Crippen molar-refractivity contribution in [2.75, 3.05) is 27.7 Å². The van der Waals surface area contributed by atoms with Crippen molar-refractivity contribution >= 4 is 6.08 Å². The van der Waals surface area contributed by atoms with Gasteiger partial charge in [0.1, 0.15) is 12.2 Å². The first-order chi connectivity index (χ1) is 11.1. The molecule has 23 heavy (non-hydrogen) atoms. The Morgan fingerprint density at radius 2 is 2.09 bits per heavy atom. The van der Waals surface area contributed by atoms with E-state index in [1.54, 1.807) is 7.11 Å². The van der Waals surface area contributed by atoms with E-state index < -0.39 is 6.10 Å². The van der Waals surface area contributed by atoms with Gasteiger partial charge in [0, 0.05) is 11.5 Å². The maximum absolute atomic E-state index is 10.6. The lowest BCUT2D eigenvalue weighted by Gasteiger charge is -2.45. The number of methoxy groups -OCH3 is 1. The molecule has 1 aromatic rings. The van der Waals surface area contributed by atoms with Crippen LogP contribution in [-0.2, 0) is 5.41 Å². The van der Waals surface area contributed by atoms with Crippen molar-refractivity contribution in [1.82, 2.24) is 4.90 Å². The summed E-state index contributed by atoms with van der Waals surface area (Å²) in [6, 6.07) is 4.05. The van der Waals surface area contributed by atoms with Gasteiger partial charge >= 0.3 is 0 Å². The van der Waals surface area contributed by atoms with E-state index >= 15 is 0 Å². The molecule has 0 unspecified atom stereocenters. The molecule has 0 saturated carbocycles. The summed E-state index contributed by atoms with van der Waals surface area (Å²) in [5, 5.41) is 10.6. The molecule has 0 amide bonds. The quantitative estimate of drug-likeness (QED) is 0.866. The van der Waals surface area contributed by atoms with Crippen LogP contribution >= 0.6 is 0 Å². The Morgan fingerprint density at radius 3 is 2.83 bits per heavy atom. The zero-order chi connectivity index (χ0) is 16.2. The van der Waals surface area contributed by atoms with Crippen molar-refractivity contribution in [2.45, 2.75) is 24.0 Å². The zero-order valence-electron chi connectivity index (χ0n) is 13.8. The molecule has 1 N–H and O–H groups in total. The molecule has 0 radical (unpaired) electrons. The summed E-state index contributed by atoms with van der Waals surface area (Å²) in [4.78, 5) is 2.19. The third kappa shape index (κ3) is 1.91. The molecule has 122 valence electrons. The van der Waals surface area contributed by atoms with Crippen LogP contribution in [0, 0.1) is 5.92 Å². The SMILES string of the molecule is COc1ccc2c3c1O[C@H]1[C@H](O)C=C[C@@H](C=C2)[C@@]31CCN(C)C. The molecule has 0 fully saturated rings. The highest BCUT2D eigenvalue weighted by Crippen LogP contribution is 2.59. The average molecular weight is 313 g/mol. The maximum atomic E-state index is 10.6. The van der Waals surface area contributed by atoms with E-state index in [1.165, 1.54) is 11.1 Å². The monoisotopic (exact) mass is 313 g/mol. The lowest BCUT2D eigenvalue weighted by Crippen LogP contribution is -2.53. The number of benzene rings is 1. The second-order valence-electron chi connectivity index (χ2n) is 6.95. The highest BCUT2D eigenvalue weighted by Gasteiger charge is 2.58. The summed E-state index contributed by atoms with van der Waals surface area (Å²) in [7, 11) is 5.84. The first-order valence-corrected chi connectivity index (χ1v) is 8.15. The van der Waals surface area contributed by atoms with Crippen LogP contribution in [0.1, 0.15) is 17.5 Å². The molecule has 3 aliphatic rings. The fourth-order valence-electron chi connectivity index (χ4n) is 4.37. The molecule has 4 nitrogen and oxygen atoms in total. The van der Waals surface area contributed by atoms with Crippen molar-refractivity contribution < 1.29 is 14.6 Å². The van der Waals surface area contributed by atoms with Crippen LogP contribution in [0.5, 0.6) is 11.5 Å². The van der Waals surface area contributed by atoms with Gasteiger partial charge in [0.15, 0.2) is 11.5 Å². The first kappa shape index (κ1) is 14.8. The highest BCUT2D eigenvalue weighted by molar-refractivity contribution is 5.71. The zero-order valence-corrected chi connectivity index (χ0v) is 13.8. The van der Waals surface area contributed by atoms with Crippen LogP contribution < -0.4 is 9.47 Å². The van der Waals surface area contributed by atoms with Crippen molar-refractivity contribution in [3.8, 4) is 11.5 Å². The minimum absolute atomic E-state index is 0.216. The first-order valence-electron chi connectivity index (χ1n) is 8.15. The smallest absolute Gasteiger partial charge is 0.166 e. The summed E-state index contributed by atoms with van der Waals surface area (Å²) < 4.78 is 11.8. The summed E-state index contributed by atoms with van der Waals surface area (Å²) in [6.45, 7) is 0.945. The van der Waals surface area contributed by atoms with Gasteiger partial charge in [0.25, 0.3) is 0 Å². The van der Waals surface area contributed by atoms with Gasteiger partial charge in [-0.1, -0.05) is 30.4 Å². The Kier molecular flexibility index (Phi) is 3.29. The number of allylic oxidation sites excluding steroid dienone is 2. The molecule has 4 rings (SSSR count).